The minimum absolute atomic E-state index is 0.117. The molecule has 1 rings (SSSR count). The van der Waals surface area contributed by atoms with E-state index in [0.717, 1.165) is 12.8 Å². The molecule has 27 heavy (non-hydrogen) atoms. The third kappa shape index (κ3) is 10.2. The van der Waals surface area contributed by atoms with Crippen LogP contribution in [-0.4, -0.2) is 40.7 Å². The molecule has 0 bridgehead atoms. The lowest BCUT2D eigenvalue weighted by Gasteiger charge is -2.10. The van der Waals surface area contributed by atoms with Gasteiger partial charge in [-0.15, -0.1) is 0 Å². The summed E-state index contributed by atoms with van der Waals surface area (Å²) in [6.45, 7) is 0.166. The zero-order valence-electron chi connectivity index (χ0n) is 15.1. The van der Waals surface area contributed by atoms with Gasteiger partial charge in [-0.25, -0.2) is 5.48 Å². The Kier molecular flexibility index (Phi) is 10.5. The lowest BCUT2D eigenvalue weighted by Crippen LogP contribution is -2.31. The number of ether oxygens (including phenoxy) is 1. The first-order valence-corrected chi connectivity index (χ1v) is 8.86. The Bertz CT molecular complexity index is 623. The number of hydrogen-bond donors (Lipinski definition) is 5. The fraction of sp³-hybridized carbons (Fsp3) is 0.500. The molecule has 0 aliphatic heterocycles. The maximum Gasteiger partial charge on any atom is 0.320 e. The van der Waals surface area contributed by atoms with Gasteiger partial charge in [0.25, 0.3) is 0 Å². The first kappa shape index (κ1) is 22.4. The van der Waals surface area contributed by atoms with Gasteiger partial charge in [-0.2, -0.15) is 0 Å². The number of carboxylic acid groups (broad SMARTS) is 1. The Balaban J connectivity index is 2.26. The van der Waals surface area contributed by atoms with Gasteiger partial charge < -0.3 is 20.9 Å². The van der Waals surface area contributed by atoms with Crippen LogP contribution < -0.4 is 21.3 Å². The zero-order valence-corrected chi connectivity index (χ0v) is 15.1. The van der Waals surface area contributed by atoms with E-state index in [1.54, 1.807) is 29.7 Å². The van der Waals surface area contributed by atoms with Crippen molar-refractivity contribution in [3.63, 3.8) is 0 Å². The summed E-state index contributed by atoms with van der Waals surface area (Å²) in [6.07, 6.45) is 3.82. The summed E-state index contributed by atoms with van der Waals surface area (Å²) < 4.78 is 5.46. The average Bonchev–Trinajstić information content (AvgIpc) is 2.64. The number of unbranched alkanes of at least 4 members (excludes halogenated alkanes) is 3. The number of carboxylic acids is 1. The van der Waals surface area contributed by atoms with Crippen LogP contribution in [0.1, 0.15) is 44.9 Å². The van der Waals surface area contributed by atoms with Gasteiger partial charge in [0.05, 0.1) is 6.61 Å². The molecule has 0 spiro atoms. The Hall–Kier alpha value is -2.65. The maximum absolute atomic E-state index is 12.0. The molecule has 1 atom stereocenters. The van der Waals surface area contributed by atoms with Crippen molar-refractivity contribution < 1.29 is 29.4 Å². The molecule has 0 fully saturated rings. The first-order valence-electron chi connectivity index (χ1n) is 8.86. The number of aliphatic carboxylic acids is 1. The summed E-state index contributed by atoms with van der Waals surface area (Å²) in [4.78, 5) is 33.5. The molecule has 0 radical (unpaired) electrons. The van der Waals surface area contributed by atoms with Crippen LogP contribution in [0.25, 0.3) is 0 Å². The van der Waals surface area contributed by atoms with Crippen molar-refractivity contribution >= 4 is 23.5 Å². The van der Waals surface area contributed by atoms with Gasteiger partial charge >= 0.3 is 5.97 Å². The quantitative estimate of drug-likeness (QED) is 0.198. The van der Waals surface area contributed by atoms with Gasteiger partial charge in [-0.1, -0.05) is 18.9 Å². The van der Waals surface area contributed by atoms with E-state index in [1.807, 2.05) is 0 Å². The number of nitrogens with one attached hydrogen (secondary N) is 2. The predicted octanol–water partition coefficient (Wildman–Crippen LogP) is 1.65. The molecule has 1 aromatic rings. The smallest absolute Gasteiger partial charge is 0.320 e. The number of benzene rings is 1. The maximum atomic E-state index is 12.0. The molecule has 0 aromatic heterocycles. The van der Waals surface area contributed by atoms with Gasteiger partial charge in [0.15, 0.2) is 0 Å². The van der Waals surface area contributed by atoms with E-state index < -0.39 is 17.9 Å². The first-order chi connectivity index (χ1) is 12.9. The predicted molar refractivity (Wildman–Crippen MR) is 98.4 cm³/mol. The number of carbonyl (C=O) groups excluding carboxylic acids is 2. The summed E-state index contributed by atoms with van der Waals surface area (Å²) in [5.41, 5.74) is 7.59. The molecule has 0 saturated heterocycles. The van der Waals surface area contributed by atoms with Gasteiger partial charge in [-0.05, 0) is 25.0 Å². The van der Waals surface area contributed by atoms with Crippen LogP contribution in [0.2, 0.25) is 0 Å². The number of rotatable bonds is 13. The molecule has 0 heterocycles. The van der Waals surface area contributed by atoms with Crippen molar-refractivity contribution in [2.75, 3.05) is 11.9 Å². The molecule has 9 nitrogen and oxygen atoms in total. The number of hydrogen-bond acceptors (Lipinski definition) is 6. The molecule has 150 valence electrons. The van der Waals surface area contributed by atoms with E-state index in [2.05, 4.69) is 5.32 Å². The minimum atomic E-state index is -1.07. The summed E-state index contributed by atoms with van der Waals surface area (Å²) in [6, 6.07) is 5.88. The number of hydroxylamine groups is 1. The van der Waals surface area contributed by atoms with Gasteiger partial charge in [0.2, 0.25) is 11.8 Å². The van der Waals surface area contributed by atoms with Crippen molar-refractivity contribution in [1.82, 2.24) is 5.48 Å². The number of anilines is 1. The summed E-state index contributed by atoms with van der Waals surface area (Å²) in [7, 11) is 0. The van der Waals surface area contributed by atoms with E-state index in [0.29, 0.717) is 30.7 Å². The number of nitrogens with two attached hydrogens (primary N) is 1. The van der Waals surface area contributed by atoms with Gasteiger partial charge in [-0.3, -0.25) is 19.6 Å². The molecule has 0 saturated carbocycles. The molecule has 1 aromatic carbocycles. The third-order valence-corrected chi connectivity index (χ3v) is 3.81. The number of amides is 2. The van der Waals surface area contributed by atoms with Crippen LogP contribution in [-0.2, 0) is 14.4 Å². The van der Waals surface area contributed by atoms with E-state index >= 15 is 0 Å². The normalized spacial score (nSPS) is 11.5. The van der Waals surface area contributed by atoms with Crippen LogP contribution in [0.5, 0.6) is 5.75 Å². The highest BCUT2D eigenvalue weighted by atomic mass is 16.5. The topological polar surface area (TPSA) is 151 Å². The van der Waals surface area contributed by atoms with E-state index in [4.69, 9.17) is 20.8 Å². The number of carbonyl (C=O) groups is 3. The van der Waals surface area contributed by atoms with Crippen molar-refractivity contribution in [2.45, 2.75) is 51.0 Å². The molecule has 2 amide bonds. The molecular formula is C18H27N3O6. The van der Waals surface area contributed by atoms with Crippen LogP contribution in [0, 0.1) is 0 Å². The molecule has 9 heteroatoms. The Morgan fingerprint density at radius 3 is 2.37 bits per heavy atom. The zero-order chi connectivity index (χ0) is 20.1. The van der Waals surface area contributed by atoms with Crippen LogP contribution in [0.15, 0.2) is 24.3 Å². The Morgan fingerprint density at radius 1 is 1.07 bits per heavy atom. The lowest BCUT2D eigenvalue weighted by atomic mass is 10.1. The summed E-state index contributed by atoms with van der Waals surface area (Å²) >= 11 is 0. The van der Waals surface area contributed by atoms with Gasteiger partial charge in [0, 0.05) is 31.0 Å². The fourth-order valence-electron chi connectivity index (χ4n) is 2.29. The monoisotopic (exact) mass is 381 g/mol. The molecule has 6 N–H and O–H groups in total. The minimum Gasteiger partial charge on any atom is -0.493 e. The molecule has 1 unspecified atom stereocenters. The standard InChI is InChI=1S/C18H27N3O6/c19-15(18(24)25)10-11-27-14-7-5-6-13(12-14)20-16(22)8-3-1-2-4-9-17(23)21-26/h5-7,12,15,26H,1-4,8-11,19H2,(H,20,22)(H,21,23)(H,24,25). The fourth-order valence-corrected chi connectivity index (χ4v) is 2.29. The van der Waals surface area contributed by atoms with Gasteiger partial charge in [0.1, 0.15) is 11.8 Å². The summed E-state index contributed by atoms with van der Waals surface area (Å²) in [5, 5.41) is 19.9. The largest absolute Gasteiger partial charge is 0.493 e. The third-order valence-electron chi connectivity index (χ3n) is 3.81. The summed E-state index contributed by atoms with van der Waals surface area (Å²) in [5.74, 6) is -1.07. The molecule has 0 aliphatic rings. The van der Waals surface area contributed by atoms with Crippen LogP contribution >= 0.6 is 0 Å². The second-order valence-electron chi connectivity index (χ2n) is 6.11. The van der Waals surface area contributed by atoms with E-state index in [9.17, 15) is 14.4 Å². The highest BCUT2D eigenvalue weighted by molar-refractivity contribution is 5.90. The molecular weight excluding hydrogens is 354 g/mol. The van der Waals surface area contributed by atoms with Crippen LogP contribution in [0.4, 0.5) is 5.69 Å². The Labute approximate surface area is 157 Å². The van der Waals surface area contributed by atoms with E-state index in [-0.39, 0.29) is 25.4 Å². The highest BCUT2D eigenvalue weighted by Crippen LogP contribution is 2.18. The second kappa shape index (κ2) is 12.7. The van der Waals surface area contributed by atoms with Crippen molar-refractivity contribution in [3.8, 4) is 5.75 Å². The van der Waals surface area contributed by atoms with Crippen molar-refractivity contribution in [3.05, 3.63) is 24.3 Å². The van der Waals surface area contributed by atoms with Crippen LogP contribution in [0.3, 0.4) is 0 Å². The molecule has 0 aliphatic carbocycles. The SMILES string of the molecule is NC(CCOc1cccc(NC(=O)CCCCCCC(=O)NO)c1)C(=O)O. The van der Waals surface area contributed by atoms with E-state index in [1.165, 1.54) is 0 Å². The lowest BCUT2D eigenvalue weighted by molar-refractivity contribution is -0.138. The average molecular weight is 381 g/mol. The Morgan fingerprint density at radius 2 is 1.74 bits per heavy atom. The van der Waals surface area contributed by atoms with Crippen molar-refractivity contribution in [1.29, 1.82) is 0 Å². The van der Waals surface area contributed by atoms with Crippen molar-refractivity contribution in [2.24, 2.45) is 5.73 Å². The highest BCUT2D eigenvalue weighted by Gasteiger charge is 2.11. The second-order valence-corrected chi connectivity index (χ2v) is 6.11.